The van der Waals surface area contributed by atoms with Gasteiger partial charge < -0.3 is 9.80 Å². The molecule has 0 saturated heterocycles. The highest BCUT2D eigenvalue weighted by Crippen LogP contribution is 2.52. The predicted octanol–water partition coefficient (Wildman–Crippen LogP) is 19.1. The minimum atomic E-state index is 1.12. The van der Waals surface area contributed by atoms with Gasteiger partial charge in [0.15, 0.2) is 0 Å². The highest BCUT2D eigenvalue weighted by atomic mass is 32.1. The maximum Gasteiger partial charge on any atom is 0.0640 e. The van der Waals surface area contributed by atoms with E-state index in [1.165, 1.54) is 88.5 Å². The van der Waals surface area contributed by atoms with Gasteiger partial charge in [-0.15, -0.1) is 34.0 Å². The van der Waals surface area contributed by atoms with Crippen LogP contribution in [0.1, 0.15) is 0 Å². The van der Waals surface area contributed by atoms with Crippen molar-refractivity contribution in [3.8, 4) is 22.3 Å². The van der Waals surface area contributed by atoms with Crippen LogP contribution in [0.25, 0.3) is 82.8 Å². The van der Waals surface area contributed by atoms with Crippen molar-refractivity contribution in [2.45, 2.75) is 0 Å². The first kappa shape index (κ1) is 38.0. The summed E-state index contributed by atoms with van der Waals surface area (Å²) in [4.78, 5) is 4.91. The van der Waals surface area contributed by atoms with Gasteiger partial charge in [-0.25, -0.2) is 0 Å². The molecule has 0 aliphatic rings. The number of rotatable bonds is 8. The van der Waals surface area contributed by atoms with Crippen LogP contribution in [0.4, 0.5) is 34.1 Å². The Morgan fingerprint density at radius 3 is 1.45 bits per heavy atom. The van der Waals surface area contributed by atoms with Gasteiger partial charge in [-0.1, -0.05) is 146 Å². The average Bonchev–Trinajstić information content (AvgIpc) is 4.07. The largest absolute Gasteiger partial charge is 0.310 e. The minimum Gasteiger partial charge on any atom is -0.310 e. The van der Waals surface area contributed by atoms with Gasteiger partial charge in [0.05, 0.1) is 21.8 Å². The Labute approximate surface area is 388 Å². The molecule has 306 valence electrons. The molecule has 2 nitrogen and oxygen atoms in total. The summed E-state index contributed by atoms with van der Waals surface area (Å²) in [6, 6.07) is 84.7. The summed E-state index contributed by atoms with van der Waals surface area (Å²) in [6.45, 7) is 0. The van der Waals surface area contributed by atoms with Crippen LogP contribution in [0.3, 0.4) is 0 Å². The molecular weight excluding hydrogens is 845 g/mol. The van der Waals surface area contributed by atoms with E-state index >= 15 is 0 Å². The van der Waals surface area contributed by atoms with Gasteiger partial charge >= 0.3 is 0 Å². The van der Waals surface area contributed by atoms with E-state index in [-0.39, 0.29) is 0 Å². The van der Waals surface area contributed by atoms with E-state index in [1.807, 2.05) is 34.0 Å². The second-order valence-corrected chi connectivity index (χ2v) is 19.6. The monoisotopic (exact) mass is 882 g/mol. The van der Waals surface area contributed by atoms with E-state index < -0.39 is 0 Å². The van der Waals surface area contributed by atoms with Gasteiger partial charge in [-0.3, -0.25) is 0 Å². The highest BCUT2D eigenvalue weighted by Gasteiger charge is 2.25. The number of nitrogens with zero attached hydrogens (tertiary/aromatic N) is 2. The molecule has 0 N–H and O–H groups in total. The number of anilines is 6. The second-order valence-electron chi connectivity index (χ2n) is 16.4. The van der Waals surface area contributed by atoms with Gasteiger partial charge in [-0.2, -0.15) is 0 Å². The summed E-state index contributed by atoms with van der Waals surface area (Å²) < 4.78 is 7.72. The van der Waals surface area contributed by atoms with Crippen LogP contribution in [-0.2, 0) is 0 Å². The van der Waals surface area contributed by atoms with Crippen LogP contribution in [-0.4, -0.2) is 0 Å². The average molecular weight is 883 g/mol. The summed E-state index contributed by atoms with van der Waals surface area (Å²) in [5.74, 6) is 0. The molecule has 3 aromatic heterocycles. The van der Waals surface area contributed by atoms with Crippen molar-refractivity contribution < 1.29 is 0 Å². The minimum absolute atomic E-state index is 1.12. The first-order valence-electron chi connectivity index (χ1n) is 21.9. The molecule has 10 aromatic carbocycles. The van der Waals surface area contributed by atoms with Crippen molar-refractivity contribution in [1.82, 2.24) is 0 Å². The normalized spacial score (nSPS) is 11.7. The van der Waals surface area contributed by atoms with Crippen LogP contribution in [0, 0.1) is 0 Å². The van der Waals surface area contributed by atoms with Crippen LogP contribution in [0.5, 0.6) is 0 Å². The number of hydrogen-bond acceptors (Lipinski definition) is 5. The molecule has 0 aliphatic heterocycles. The Bertz CT molecular complexity index is 3850. The first-order valence-corrected chi connectivity index (χ1v) is 24.4. The molecule has 13 rings (SSSR count). The highest BCUT2D eigenvalue weighted by molar-refractivity contribution is 7.27. The maximum atomic E-state index is 2.50. The molecule has 3 heterocycles. The molecule has 0 spiro atoms. The summed E-state index contributed by atoms with van der Waals surface area (Å²) >= 11 is 5.61. The van der Waals surface area contributed by atoms with Gasteiger partial charge in [0.2, 0.25) is 0 Å². The van der Waals surface area contributed by atoms with Crippen molar-refractivity contribution in [2.24, 2.45) is 0 Å². The molecule has 0 saturated carbocycles. The second kappa shape index (κ2) is 15.6. The van der Waals surface area contributed by atoms with Crippen LogP contribution >= 0.6 is 34.0 Å². The Kier molecular flexibility index (Phi) is 9.12. The molecule has 0 amide bonds. The molecular formula is C60H38N2S3. The quantitative estimate of drug-likeness (QED) is 0.150. The Hall–Kier alpha value is -7.54. The van der Waals surface area contributed by atoms with Crippen LogP contribution < -0.4 is 9.80 Å². The lowest BCUT2D eigenvalue weighted by molar-refractivity contribution is 1.29. The lowest BCUT2D eigenvalue weighted by atomic mass is 9.93. The zero-order valence-corrected chi connectivity index (χ0v) is 37.5. The van der Waals surface area contributed by atoms with Crippen molar-refractivity contribution >= 4 is 129 Å². The molecule has 13 aromatic rings. The fraction of sp³-hybridized carbons (Fsp3) is 0. The maximum absolute atomic E-state index is 2.50. The molecule has 0 fully saturated rings. The predicted molar refractivity (Wildman–Crippen MR) is 285 cm³/mol. The number of hydrogen-bond donors (Lipinski definition) is 0. The fourth-order valence-corrected chi connectivity index (χ4v) is 13.2. The van der Waals surface area contributed by atoms with E-state index in [9.17, 15) is 0 Å². The van der Waals surface area contributed by atoms with Crippen molar-refractivity contribution in [2.75, 3.05) is 9.80 Å². The molecule has 0 aliphatic carbocycles. The van der Waals surface area contributed by atoms with Gasteiger partial charge in [-0.05, 0) is 96.1 Å². The lowest BCUT2D eigenvalue weighted by Crippen LogP contribution is -2.11. The van der Waals surface area contributed by atoms with Gasteiger partial charge in [0, 0.05) is 84.0 Å². The van der Waals surface area contributed by atoms with Gasteiger partial charge in [0.1, 0.15) is 0 Å². The number of benzene rings is 10. The third-order valence-electron chi connectivity index (χ3n) is 12.7. The summed E-state index contributed by atoms with van der Waals surface area (Å²) in [5.41, 5.74) is 11.6. The van der Waals surface area contributed by atoms with Crippen molar-refractivity contribution in [3.63, 3.8) is 0 Å². The number of thiophene rings is 3. The van der Waals surface area contributed by atoms with E-state index in [2.05, 4.69) is 240 Å². The topological polar surface area (TPSA) is 6.48 Å². The molecule has 0 unspecified atom stereocenters. The zero-order valence-electron chi connectivity index (χ0n) is 35.1. The van der Waals surface area contributed by atoms with E-state index in [0.717, 1.165) is 28.4 Å². The van der Waals surface area contributed by atoms with E-state index in [4.69, 9.17) is 0 Å². The summed E-state index contributed by atoms with van der Waals surface area (Å²) in [5, 5.41) is 7.70. The summed E-state index contributed by atoms with van der Waals surface area (Å²) in [6.07, 6.45) is 0. The fourth-order valence-electron chi connectivity index (χ4n) is 9.75. The number of fused-ring (bicyclic) bond motifs is 9. The first-order chi connectivity index (χ1) is 32.2. The van der Waals surface area contributed by atoms with Gasteiger partial charge in [0.25, 0.3) is 0 Å². The third kappa shape index (κ3) is 6.34. The third-order valence-corrected chi connectivity index (χ3v) is 16.1. The smallest absolute Gasteiger partial charge is 0.0640 e. The molecule has 0 radical (unpaired) electrons. The molecule has 5 heteroatoms. The lowest BCUT2D eigenvalue weighted by Gasteiger charge is -2.29. The van der Waals surface area contributed by atoms with Crippen LogP contribution in [0.15, 0.2) is 231 Å². The van der Waals surface area contributed by atoms with E-state index in [1.54, 1.807) is 0 Å². The molecule has 65 heavy (non-hydrogen) atoms. The van der Waals surface area contributed by atoms with Crippen molar-refractivity contribution in [3.05, 3.63) is 231 Å². The standard InChI is InChI=1S/C60H38N2S3/c1-4-17-41(18-5-1)61(42-19-6-2-7-20-42)50-35-36-56-59(47-25-12-15-30-55(47)63-56)58(50)40-33-31-39(32-34-40)48-38-57-49(45-24-11-13-28-53(45)64-57)37-52(48)62(43-21-8-3-9-22-43)51-27-16-26-46-44-23-10-14-29-54(44)65-60(46)51/h1-38H. The Morgan fingerprint density at radius 2 is 0.785 bits per heavy atom. The van der Waals surface area contributed by atoms with E-state index in [0.29, 0.717) is 0 Å². The summed E-state index contributed by atoms with van der Waals surface area (Å²) in [7, 11) is 0. The number of para-hydroxylation sites is 3. The Balaban J connectivity index is 1.06. The van der Waals surface area contributed by atoms with Crippen molar-refractivity contribution in [1.29, 1.82) is 0 Å². The SMILES string of the molecule is c1ccc(N(c2ccccc2)c2ccc3sc4ccccc4c3c2-c2ccc(-c3cc4sc5ccccc5c4cc3N(c3ccccc3)c3cccc4c3sc3ccccc34)cc2)cc1. The van der Waals surface area contributed by atoms with Crippen LogP contribution in [0.2, 0.25) is 0 Å². The Morgan fingerprint density at radius 1 is 0.277 bits per heavy atom. The molecule has 0 atom stereocenters. The molecule has 0 bridgehead atoms. The zero-order chi connectivity index (χ0) is 42.8.